The van der Waals surface area contributed by atoms with E-state index in [4.69, 9.17) is 11.6 Å². The molecule has 0 atom stereocenters. The lowest BCUT2D eigenvalue weighted by molar-refractivity contribution is 0.482. The molecule has 17 heavy (non-hydrogen) atoms. The van der Waals surface area contributed by atoms with Gasteiger partial charge in [0.2, 0.25) is 0 Å². The number of hydrogen-bond acceptors (Lipinski definition) is 2. The molecule has 0 amide bonds. The molecule has 1 heterocycles. The number of rotatable bonds is 3. The predicted octanol–water partition coefficient (Wildman–Crippen LogP) is 2.23. The summed E-state index contributed by atoms with van der Waals surface area (Å²) in [5, 5.41) is -0.105. The molecule has 0 spiro atoms. The van der Waals surface area contributed by atoms with Crippen LogP contribution in [0.3, 0.4) is 0 Å². The third kappa shape index (κ3) is 2.88. The Morgan fingerprint density at radius 3 is 2.53 bits per heavy atom. The van der Waals surface area contributed by atoms with Crippen LogP contribution >= 0.6 is 11.6 Å². The van der Waals surface area contributed by atoms with E-state index in [2.05, 4.69) is 4.72 Å². The second-order valence-electron chi connectivity index (χ2n) is 3.84. The molecule has 0 saturated carbocycles. The summed E-state index contributed by atoms with van der Waals surface area (Å²) < 4.78 is 40.4. The normalized spacial score (nSPS) is 17.3. The Hall–Kier alpha value is -0.850. The summed E-state index contributed by atoms with van der Waals surface area (Å²) in [4.78, 5) is 0. The summed E-state index contributed by atoms with van der Waals surface area (Å²) in [6.07, 6.45) is 1.73. The Balaban J connectivity index is 2.17. The Kier molecular flexibility index (Phi) is 3.56. The van der Waals surface area contributed by atoms with Crippen LogP contribution in [-0.2, 0) is 10.2 Å². The third-order valence-electron chi connectivity index (χ3n) is 2.57. The summed E-state index contributed by atoms with van der Waals surface area (Å²) >= 11 is 5.58. The molecule has 2 rings (SSSR count). The van der Waals surface area contributed by atoms with Gasteiger partial charge in [0.15, 0.2) is 0 Å². The van der Waals surface area contributed by atoms with Gasteiger partial charge in [0.1, 0.15) is 5.82 Å². The molecule has 0 aromatic heterocycles. The van der Waals surface area contributed by atoms with Gasteiger partial charge in [-0.15, -0.1) is 0 Å². The number of benzene rings is 1. The first-order valence-corrected chi connectivity index (χ1v) is 7.04. The molecule has 1 N–H and O–H groups in total. The average Bonchev–Trinajstić information content (AvgIpc) is 2.77. The molecular weight excluding hydrogens is 267 g/mol. The molecule has 0 bridgehead atoms. The zero-order chi connectivity index (χ0) is 12.5. The summed E-state index contributed by atoms with van der Waals surface area (Å²) in [7, 11) is -3.54. The van der Waals surface area contributed by atoms with Crippen molar-refractivity contribution in [3.8, 4) is 0 Å². The van der Waals surface area contributed by atoms with Crippen molar-refractivity contribution in [2.24, 2.45) is 0 Å². The Labute approximate surface area is 105 Å². The molecule has 1 aliphatic rings. The molecule has 0 aliphatic carbocycles. The van der Waals surface area contributed by atoms with E-state index in [1.807, 2.05) is 0 Å². The largest absolute Gasteiger partial charge is 0.301 e. The maximum atomic E-state index is 12.9. The second-order valence-corrected chi connectivity index (χ2v) is 5.92. The number of nitrogens with one attached hydrogen (secondary N) is 1. The molecule has 0 radical (unpaired) electrons. The zero-order valence-electron chi connectivity index (χ0n) is 8.99. The van der Waals surface area contributed by atoms with Crippen LogP contribution in [0.5, 0.6) is 0 Å². The first-order chi connectivity index (χ1) is 7.99. The molecule has 4 nitrogen and oxygen atoms in total. The van der Waals surface area contributed by atoms with Crippen molar-refractivity contribution in [2.45, 2.75) is 12.8 Å². The highest BCUT2D eigenvalue weighted by Gasteiger charge is 2.25. The first kappa shape index (κ1) is 12.6. The highest BCUT2D eigenvalue weighted by atomic mass is 35.5. The fourth-order valence-electron chi connectivity index (χ4n) is 1.70. The summed E-state index contributed by atoms with van der Waals surface area (Å²) in [6, 6.07) is 3.73. The van der Waals surface area contributed by atoms with Crippen LogP contribution in [0, 0.1) is 5.82 Å². The lowest BCUT2D eigenvalue weighted by Crippen LogP contribution is -2.33. The average molecular weight is 279 g/mol. The monoisotopic (exact) mass is 278 g/mol. The van der Waals surface area contributed by atoms with Gasteiger partial charge in [0.05, 0.1) is 10.7 Å². The van der Waals surface area contributed by atoms with Gasteiger partial charge in [0, 0.05) is 13.1 Å². The van der Waals surface area contributed by atoms with Gasteiger partial charge < -0.3 is 0 Å². The lowest BCUT2D eigenvalue weighted by Gasteiger charge is -2.16. The number of hydrogen-bond donors (Lipinski definition) is 1. The zero-order valence-corrected chi connectivity index (χ0v) is 10.6. The first-order valence-electron chi connectivity index (χ1n) is 5.22. The van der Waals surface area contributed by atoms with E-state index in [1.54, 1.807) is 0 Å². The van der Waals surface area contributed by atoms with Gasteiger partial charge in [-0.05, 0) is 31.0 Å². The summed E-state index contributed by atoms with van der Waals surface area (Å²) in [5.74, 6) is -0.573. The van der Waals surface area contributed by atoms with E-state index in [0.717, 1.165) is 18.9 Å². The van der Waals surface area contributed by atoms with E-state index >= 15 is 0 Å². The molecular formula is C10H12ClFN2O2S. The molecule has 1 aliphatic heterocycles. The maximum absolute atomic E-state index is 12.9. The molecule has 1 fully saturated rings. The predicted molar refractivity (Wildman–Crippen MR) is 64.8 cm³/mol. The highest BCUT2D eigenvalue weighted by Crippen LogP contribution is 2.22. The molecule has 7 heteroatoms. The Morgan fingerprint density at radius 2 is 1.94 bits per heavy atom. The Bertz CT molecular complexity index is 515. The van der Waals surface area contributed by atoms with Gasteiger partial charge in [0.25, 0.3) is 0 Å². The van der Waals surface area contributed by atoms with Crippen molar-refractivity contribution in [3.05, 3.63) is 29.0 Å². The smallest absolute Gasteiger partial charge is 0.271 e. The van der Waals surface area contributed by atoms with Gasteiger partial charge >= 0.3 is 10.2 Å². The standard InChI is InChI=1S/C10H12ClFN2O2S/c11-9-7-8(3-4-10(9)12)13-17(15,16)14-5-1-2-6-14/h3-4,7,13H,1-2,5-6H2. The summed E-state index contributed by atoms with van der Waals surface area (Å²) in [5.41, 5.74) is 0.267. The van der Waals surface area contributed by atoms with Crippen LogP contribution in [0.4, 0.5) is 10.1 Å². The van der Waals surface area contributed by atoms with E-state index in [0.29, 0.717) is 13.1 Å². The van der Waals surface area contributed by atoms with E-state index in [9.17, 15) is 12.8 Å². The van der Waals surface area contributed by atoms with Crippen LogP contribution in [-0.4, -0.2) is 25.8 Å². The maximum Gasteiger partial charge on any atom is 0.301 e. The van der Waals surface area contributed by atoms with Crippen molar-refractivity contribution in [1.29, 1.82) is 0 Å². The van der Waals surface area contributed by atoms with Gasteiger partial charge in [-0.2, -0.15) is 12.7 Å². The van der Waals surface area contributed by atoms with Gasteiger partial charge in [-0.1, -0.05) is 11.6 Å². The lowest BCUT2D eigenvalue weighted by atomic mass is 10.3. The molecule has 1 aromatic carbocycles. The Morgan fingerprint density at radius 1 is 1.29 bits per heavy atom. The SMILES string of the molecule is O=S(=O)(Nc1ccc(F)c(Cl)c1)N1CCCC1. The second kappa shape index (κ2) is 4.80. The minimum Gasteiger partial charge on any atom is -0.271 e. The minimum atomic E-state index is -3.54. The minimum absolute atomic E-state index is 0.105. The van der Waals surface area contributed by atoms with Crippen LogP contribution in [0.1, 0.15) is 12.8 Å². The fourth-order valence-corrected chi connectivity index (χ4v) is 3.17. The molecule has 0 unspecified atom stereocenters. The van der Waals surface area contributed by atoms with Gasteiger partial charge in [-0.25, -0.2) is 4.39 Å². The number of halogens is 2. The van der Waals surface area contributed by atoms with Crippen LogP contribution in [0.15, 0.2) is 18.2 Å². The molecule has 1 saturated heterocycles. The quantitative estimate of drug-likeness (QED) is 0.922. The topological polar surface area (TPSA) is 49.4 Å². The third-order valence-corrected chi connectivity index (χ3v) is 4.40. The highest BCUT2D eigenvalue weighted by molar-refractivity contribution is 7.90. The van der Waals surface area contributed by atoms with Crippen LogP contribution < -0.4 is 4.72 Å². The van der Waals surface area contributed by atoms with E-state index < -0.39 is 16.0 Å². The van der Waals surface area contributed by atoms with Crippen molar-refractivity contribution in [3.63, 3.8) is 0 Å². The van der Waals surface area contributed by atoms with Crippen molar-refractivity contribution in [2.75, 3.05) is 17.8 Å². The van der Waals surface area contributed by atoms with Crippen molar-refractivity contribution >= 4 is 27.5 Å². The number of nitrogens with zero attached hydrogens (tertiary/aromatic N) is 1. The molecule has 94 valence electrons. The van der Waals surface area contributed by atoms with E-state index in [1.165, 1.54) is 16.4 Å². The van der Waals surface area contributed by atoms with Gasteiger partial charge in [-0.3, -0.25) is 4.72 Å². The molecule has 1 aromatic rings. The van der Waals surface area contributed by atoms with Crippen LogP contribution in [0.2, 0.25) is 5.02 Å². The van der Waals surface area contributed by atoms with Crippen molar-refractivity contribution < 1.29 is 12.8 Å². The summed E-state index contributed by atoms with van der Waals surface area (Å²) in [6.45, 7) is 1.04. The van der Waals surface area contributed by atoms with Crippen molar-refractivity contribution in [1.82, 2.24) is 4.31 Å². The fraction of sp³-hybridized carbons (Fsp3) is 0.400. The van der Waals surface area contributed by atoms with Crippen LogP contribution in [0.25, 0.3) is 0 Å². The number of anilines is 1. The van der Waals surface area contributed by atoms with E-state index in [-0.39, 0.29) is 10.7 Å².